The van der Waals surface area contributed by atoms with Gasteiger partial charge in [-0.2, -0.15) is 26.3 Å². The van der Waals surface area contributed by atoms with Gasteiger partial charge < -0.3 is 4.84 Å². The summed E-state index contributed by atoms with van der Waals surface area (Å²) in [5.74, 6) is 0. The summed E-state index contributed by atoms with van der Waals surface area (Å²) in [6, 6.07) is 15.4. The summed E-state index contributed by atoms with van der Waals surface area (Å²) in [5.41, 5.74) is -1.44. The molecule has 0 aliphatic rings. The Balaban J connectivity index is 1.95. The zero-order valence-electron chi connectivity index (χ0n) is 15.6. The molecule has 3 aromatic carbocycles. The van der Waals surface area contributed by atoms with Crippen LogP contribution in [0.3, 0.4) is 0 Å². The average molecular weight is 458 g/mol. The van der Waals surface area contributed by atoms with Gasteiger partial charge in [0, 0.05) is 16.1 Å². The van der Waals surface area contributed by atoms with Crippen molar-refractivity contribution in [3.05, 3.63) is 106 Å². The van der Waals surface area contributed by atoms with E-state index in [9.17, 15) is 26.3 Å². The van der Waals surface area contributed by atoms with Crippen molar-refractivity contribution in [2.24, 2.45) is 5.16 Å². The maximum atomic E-state index is 13.5. The summed E-state index contributed by atoms with van der Waals surface area (Å²) >= 11 is 5.92. The lowest BCUT2D eigenvalue weighted by atomic mass is 9.97. The summed E-state index contributed by atoms with van der Waals surface area (Å²) in [7, 11) is 0. The van der Waals surface area contributed by atoms with Crippen molar-refractivity contribution < 1.29 is 31.2 Å². The molecule has 0 radical (unpaired) electrons. The summed E-state index contributed by atoms with van der Waals surface area (Å²) < 4.78 is 78.6. The summed E-state index contributed by atoms with van der Waals surface area (Å²) in [5, 5.41) is 3.96. The van der Waals surface area contributed by atoms with Crippen LogP contribution < -0.4 is 0 Å². The molecular weight excluding hydrogens is 444 g/mol. The highest BCUT2D eigenvalue weighted by Crippen LogP contribution is 2.35. The molecule has 162 valence electrons. The molecule has 0 unspecified atom stereocenters. The second kappa shape index (κ2) is 9.01. The van der Waals surface area contributed by atoms with E-state index >= 15 is 0 Å². The number of hydrogen-bond donors (Lipinski definition) is 0. The van der Waals surface area contributed by atoms with Crippen LogP contribution in [0.4, 0.5) is 26.3 Å². The molecule has 0 N–H and O–H groups in total. The Bertz CT molecular complexity index is 1060. The average Bonchev–Trinajstić information content (AvgIpc) is 2.70. The summed E-state index contributed by atoms with van der Waals surface area (Å²) in [6.07, 6.45) is -9.14. The van der Waals surface area contributed by atoms with Gasteiger partial charge in [-0.25, -0.2) is 0 Å². The second-order valence-corrected chi connectivity index (χ2v) is 6.90. The van der Waals surface area contributed by atoms with Gasteiger partial charge in [0.15, 0.2) is 0 Å². The van der Waals surface area contributed by atoms with Crippen LogP contribution in [0.25, 0.3) is 0 Å². The number of rotatable bonds is 5. The van der Waals surface area contributed by atoms with E-state index < -0.39 is 23.5 Å². The number of alkyl halides is 6. The van der Waals surface area contributed by atoms with Crippen LogP contribution in [0.2, 0.25) is 5.02 Å². The normalized spacial score (nSPS) is 12.7. The maximum absolute atomic E-state index is 13.5. The number of nitrogens with zero attached hydrogens (tertiary/aromatic N) is 1. The fraction of sp³-hybridized carbons (Fsp3) is 0.136. The van der Waals surface area contributed by atoms with E-state index in [1.165, 1.54) is 12.1 Å². The first kappa shape index (κ1) is 22.7. The fourth-order valence-corrected chi connectivity index (χ4v) is 2.95. The zero-order chi connectivity index (χ0) is 22.6. The zero-order valence-corrected chi connectivity index (χ0v) is 16.4. The Kier molecular flexibility index (Phi) is 6.59. The van der Waals surface area contributed by atoms with Crippen molar-refractivity contribution in [1.82, 2.24) is 0 Å². The van der Waals surface area contributed by atoms with Crippen LogP contribution in [0.1, 0.15) is 27.8 Å². The van der Waals surface area contributed by atoms with Crippen LogP contribution in [0.5, 0.6) is 0 Å². The molecular formula is C22H14ClF6NO. The molecule has 0 spiro atoms. The van der Waals surface area contributed by atoms with Gasteiger partial charge in [0.1, 0.15) is 12.3 Å². The topological polar surface area (TPSA) is 21.6 Å². The molecule has 9 heteroatoms. The number of benzene rings is 3. The van der Waals surface area contributed by atoms with Gasteiger partial charge in [0.05, 0.1) is 11.1 Å². The number of oxime groups is 1. The van der Waals surface area contributed by atoms with E-state index in [1.54, 1.807) is 30.3 Å². The SMILES string of the molecule is FC(F)(F)c1ccc(CON=C(c2ccccc2)c2cc(Cl)ccc2C(F)(F)F)cc1. The highest BCUT2D eigenvalue weighted by Gasteiger charge is 2.35. The molecule has 0 bridgehead atoms. The molecule has 2 nitrogen and oxygen atoms in total. The van der Waals surface area contributed by atoms with Crippen molar-refractivity contribution >= 4 is 17.3 Å². The van der Waals surface area contributed by atoms with Crippen molar-refractivity contribution in [3.8, 4) is 0 Å². The van der Waals surface area contributed by atoms with Crippen LogP contribution >= 0.6 is 11.6 Å². The van der Waals surface area contributed by atoms with E-state index in [0.717, 1.165) is 30.3 Å². The second-order valence-electron chi connectivity index (χ2n) is 6.46. The standard InChI is InChI=1S/C22H14ClF6NO/c23-17-10-11-19(22(27,28)29)18(12-17)20(15-4-2-1-3-5-15)30-31-13-14-6-8-16(9-7-14)21(24,25)26/h1-12H,13H2. The highest BCUT2D eigenvalue weighted by molar-refractivity contribution is 6.31. The quantitative estimate of drug-likeness (QED) is 0.223. The van der Waals surface area contributed by atoms with Crippen molar-refractivity contribution in [2.75, 3.05) is 0 Å². The maximum Gasteiger partial charge on any atom is 0.417 e. The van der Waals surface area contributed by atoms with E-state index in [-0.39, 0.29) is 22.9 Å². The molecule has 0 fully saturated rings. The first-order chi connectivity index (χ1) is 14.6. The lowest BCUT2D eigenvalue weighted by molar-refractivity contribution is -0.138. The minimum atomic E-state index is -4.66. The molecule has 0 saturated heterocycles. The van der Waals surface area contributed by atoms with Gasteiger partial charge >= 0.3 is 12.4 Å². The monoisotopic (exact) mass is 457 g/mol. The van der Waals surface area contributed by atoms with E-state index in [4.69, 9.17) is 16.4 Å². The Morgan fingerprint density at radius 3 is 2.03 bits per heavy atom. The van der Waals surface area contributed by atoms with Crippen LogP contribution in [-0.4, -0.2) is 5.71 Å². The van der Waals surface area contributed by atoms with Crippen LogP contribution in [0, 0.1) is 0 Å². The third-order valence-electron chi connectivity index (χ3n) is 4.26. The van der Waals surface area contributed by atoms with Crippen molar-refractivity contribution in [3.63, 3.8) is 0 Å². The van der Waals surface area contributed by atoms with Crippen LogP contribution in [0.15, 0.2) is 78.0 Å². The third-order valence-corrected chi connectivity index (χ3v) is 4.49. The summed E-state index contributed by atoms with van der Waals surface area (Å²) in [4.78, 5) is 5.22. The smallest absolute Gasteiger partial charge is 0.390 e. The number of hydrogen-bond acceptors (Lipinski definition) is 2. The number of halogens is 7. The van der Waals surface area contributed by atoms with E-state index in [1.807, 2.05) is 0 Å². The molecule has 0 aromatic heterocycles. The van der Waals surface area contributed by atoms with Gasteiger partial charge in [-0.3, -0.25) is 0 Å². The Labute approximate surface area is 178 Å². The predicted octanol–water partition coefficient (Wildman–Crippen LogP) is 7.35. The molecule has 0 saturated carbocycles. The molecule has 0 heterocycles. The lowest BCUT2D eigenvalue weighted by Gasteiger charge is -2.15. The Morgan fingerprint density at radius 2 is 1.45 bits per heavy atom. The molecule has 0 aliphatic heterocycles. The van der Waals surface area contributed by atoms with Gasteiger partial charge in [-0.1, -0.05) is 59.2 Å². The van der Waals surface area contributed by atoms with Gasteiger partial charge in [-0.05, 0) is 35.9 Å². The molecule has 0 amide bonds. The first-order valence-electron chi connectivity index (χ1n) is 8.84. The van der Waals surface area contributed by atoms with Crippen LogP contribution in [-0.2, 0) is 23.8 Å². The Hall–Kier alpha value is -3.00. The minimum Gasteiger partial charge on any atom is -0.390 e. The third kappa shape index (κ3) is 5.79. The molecule has 0 atom stereocenters. The highest BCUT2D eigenvalue weighted by atomic mass is 35.5. The fourth-order valence-electron chi connectivity index (χ4n) is 2.77. The lowest BCUT2D eigenvalue weighted by Crippen LogP contribution is -2.15. The predicted molar refractivity (Wildman–Crippen MR) is 105 cm³/mol. The molecule has 31 heavy (non-hydrogen) atoms. The molecule has 0 aliphatic carbocycles. The van der Waals surface area contributed by atoms with Gasteiger partial charge in [-0.15, -0.1) is 0 Å². The first-order valence-corrected chi connectivity index (χ1v) is 9.22. The molecule has 3 aromatic rings. The largest absolute Gasteiger partial charge is 0.417 e. The van der Waals surface area contributed by atoms with E-state index in [0.29, 0.717) is 11.1 Å². The summed E-state index contributed by atoms with van der Waals surface area (Å²) in [6.45, 7) is -0.240. The van der Waals surface area contributed by atoms with Gasteiger partial charge in [0.25, 0.3) is 0 Å². The van der Waals surface area contributed by atoms with Crippen molar-refractivity contribution in [2.45, 2.75) is 19.0 Å². The Morgan fingerprint density at radius 1 is 0.806 bits per heavy atom. The van der Waals surface area contributed by atoms with Crippen molar-refractivity contribution in [1.29, 1.82) is 0 Å². The van der Waals surface area contributed by atoms with E-state index in [2.05, 4.69) is 5.16 Å². The minimum absolute atomic E-state index is 0.0781. The van der Waals surface area contributed by atoms with Gasteiger partial charge in [0.2, 0.25) is 0 Å². The molecule has 3 rings (SSSR count).